The second-order valence-electron chi connectivity index (χ2n) is 5.72. The molecule has 2 aromatic rings. The number of carbonyl (C=O) groups is 3. The number of hydrogen-bond donors (Lipinski definition) is 1. The van der Waals surface area contributed by atoms with Crippen molar-refractivity contribution in [1.82, 2.24) is 4.90 Å². The third kappa shape index (κ3) is 4.52. The van der Waals surface area contributed by atoms with Crippen LogP contribution in [-0.4, -0.2) is 35.6 Å². The minimum atomic E-state index is -0.609. The van der Waals surface area contributed by atoms with Crippen LogP contribution < -0.4 is 10.1 Å². The fraction of sp³-hybridized carbons (Fsp3) is 0.105. The number of imide groups is 1. The minimum absolute atomic E-state index is 0.121. The molecule has 1 heterocycles. The van der Waals surface area contributed by atoms with Crippen LogP contribution >= 0.6 is 23.4 Å². The summed E-state index contributed by atoms with van der Waals surface area (Å²) in [5, 5.41) is 2.31. The second-order valence-corrected chi connectivity index (χ2v) is 7.12. The molecule has 144 valence electrons. The van der Waals surface area contributed by atoms with Crippen LogP contribution in [0.4, 0.5) is 14.9 Å². The van der Waals surface area contributed by atoms with E-state index in [4.69, 9.17) is 16.3 Å². The first-order chi connectivity index (χ1) is 13.4. The van der Waals surface area contributed by atoms with Gasteiger partial charge in [-0.15, -0.1) is 0 Å². The smallest absolute Gasteiger partial charge is 0.294 e. The van der Waals surface area contributed by atoms with Gasteiger partial charge in [0.15, 0.2) is 0 Å². The van der Waals surface area contributed by atoms with Gasteiger partial charge < -0.3 is 10.1 Å². The van der Waals surface area contributed by atoms with Crippen LogP contribution in [0.15, 0.2) is 47.4 Å². The monoisotopic (exact) mass is 420 g/mol. The lowest BCUT2D eigenvalue weighted by atomic mass is 10.2. The van der Waals surface area contributed by atoms with E-state index >= 15 is 0 Å². The molecule has 2 aromatic carbocycles. The van der Waals surface area contributed by atoms with Gasteiger partial charge in [0.1, 0.15) is 18.1 Å². The third-order valence-electron chi connectivity index (χ3n) is 3.76. The molecule has 1 fully saturated rings. The van der Waals surface area contributed by atoms with Gasteiger partial charge in [-0.25, -0.2) is 4.39 Å². The summed E-state index contributed by atoms with van der Waals surface area (Å²) in [6.07, 6.45) is 1.41. The van der Waals surface area contributed by atoms with Crippen molar-refractivity contribution in [2.45, 2.75) is 0 Å². The molecular weight excluding hydrogens is 407 g/mol. The number of carbonyl (C=O) groups excluding carboxylic acids is 3. The summed E-state index contributed by atoms with van der Waals surface area (Å²) in [6.45, 7) is -0.450. The maximum Gasteiger partial charge on any atom is 0.294 e. The van der Waals surface area contributed by atoms with E-state index in [1.807, 2.05) is 0 Å². The molecule has 0 atom stereocenters. The van der Waals surface area contributed by atoms with Crippen LogP contribution in [0.1, 0.15) is 5.56 Å². The maximum atomic E-state index is 13.3. The molecule has 28 heavy (non-hydrogen) atoms. The maximum absolute atomic E-state index is 13.3. The Morgan fingerprint density at radius 2 is 2.07 bits per heavy atom. The minimum Gasteiger partial charge on any atom is -0.495 e. The summed E-state index contributed by atoms with van der Waals surface area (Å²) in [5.41, 5.74) is 0.848. The third-order valence-corrected chi connectivity index (χ3v) is 4.96. The van der Waals surface area contributed by atoms with Gasteiger partial charge in [-0.2, -0.15) is 0 Å². The van der Waals surface area contributed by atoms with Crippen molar-refractivity contribution in [1.29, 1.82) is 0 Å². The van der Waals surface area contributed by atoms with E-state index in [0.717, 1.165) is 4.90 Å². The number of benzene rings is 2. The summed E-state index contributed by atoms with van der Waals surface area (Å²) < 4.78 is 18.3. The van der Waals surface area contributed by atoms with Crippen molar-refractivity contribution < 1.29 is 23.5 Å². The number of nitrogens with zero attached hydrogens (tertiary/aromatic N) is 1. The Morgan fingerprint density at radius 1 is 1.29 bits per heavy atom. The van der Waals surface area contributed by atoms with Gasteiger partial charge in [-0.05, 0) is 53.7 Å². The average molecular weight is 421 g/mol. The molecular formula is C19H14ClFN2O4S. The lowest BCUT2D eigenvalue weighted by Gasteiger charge is -2.13. The Balaban J connectivity index is 1.68. The topological polar surface area (TPSA) is 75.7 Å². The SMILES string of the molecule is COc1ccc(NC(=O)CN2C(=O)SC(=Cc3cccc(F)c3)C2=O)cc1Cl. The fourth-order valence-electron chi connectivity index (χ4n) is 2.47. The number of amides is 3. The highest BCUT2D eigenvalue weighted by Crippen LogP contribution is 2.32. The van der Waals surface area contributed by atoms with Gasteiger partial charge in [0, 0.05) is 5.69 Å². The normalized spacial score (nSPS) is 15.2. The predicted molar refractivity (Wildman–Crippen MR) is 106 cm³/mol. The second kappa shape index (κ2) is 8.45. The summed E-state index contributed by atoms with van der Waals surface area (Å²) in [5.74, 6) is -1.17. The Kier molecular flexibility index (Phi) is 6.01. The summed E-state index contributed by atoms with van der Waals surface area (Å²) in [7, 11) is 1.47. The Bertz CT molecular complexity index is 996. The van der Waals surface area contributed by atoms with Crippen LogP contribution in [0.5, 0.6) is 5.75 Å². The van der Waals surface area contributed by atoms with E-state index in [1.54, 1.807) is 18.2 Å². The zero-order chi connectivity index (χ0) is 20.3. The number of rotatable bonds is 5. The molecule has 1 saturated heterocycles. The highest BCUT2D eigenvalue weighted by atomic mass is 35.5. The van der Waals surface area contributed by atoms with Crippen molar-refractivity contribution in [3.8, 4) is 5.75 Å². The van der Waals surface area contributed by atoms with Gasteiger partial charge in [-0.1, -0.05) is 23.7 Å². The zero-order valence-corrected chi connectivity index (χ0v) is 16.1. The van der Waals surface area contributed by atoms with E-state index in [9.17, 15) is 18.8 Å². The lowest BCUT2D eigenvalue weighted by Crippen LogP contribution is -2.36. The molecule has 3 amide bonds. The fourth-order valence-corrected chi connectivity index (χ4v) is 3.57. The molecule has 0 aliphatic carbocycles. The molecule has 1 aliphatic heterocycles. The van der Waals surface area contributed by atoms with Crippen molar-refractivity contribution in [2.24, 2.45) is 0 Å². The van der Waals surface area contributed by atoms with Gasteiger partial charge in [0.25, 0.3) is 11.1 Å². The van der Waals surface area contributed by atoms with Crippen LogP contribution in [0.25, 0.3) is 6.08 Å². The van der Waals surface area contributed by atoms with E-state index in [1.165, 1.54) is 37.5 Å². The van der Waals surface area contributed by atoms with Crippen molar-refractivity contribution in [3.63, 3.8) is 0 Å². The van der Waals surface area contributed by atoms with Crippen LogP contribution in [0, 0.1) is 5.82 Å². The van der Waals surface area contributed by atoms with Gasteiger partial charge in [0.2, 0.25) is 5.91 Å². The number of methoxy groups -OCH3 is 1. The zero-order valence-electron chi connectivity index (χ0n) is 14.6. The molecule has 0 spiro atoms. The number of nitrogens with one attached hydrogen (secondary N) is 1. The number of anilines is 1. The molecule has 0 saturated carbocycles. The van der Waals surface area contributed by atoms with E-state index < -0.39 is 29.4 Å². The highest BCUT2D eigenvalue weighted by Gasteiger charge is 2.36. The predicted octanol–water partition coefficient (Wildman–Crippen LogP) is 4.16. The van der Waals surface area contributed by atoms with Crippen LogP contribution in [0.3, 0.4) is 0 Å². The number of halogens is 2. The molecule has 3 rings (SSSR count). The summed E-state index contributed by atoms with van der Waals surface area (Å²) in [6, 6.07) is 10.3. The summed E-state index contributed by atoms with van der Waals surface area (Å²) in [4.78, 5) is 37.7. The lowest BCUT2D eigenvalue weighted by molar-refractivity contribution is -0.127. The Morgan fingerprint density at radius 3 is 2.75 bits per heavy atom. The molecule has 6 nitrogen and oxygen atoms in total. The highest BCUT2D eigenvalue weighted by molar-refractivity contribution is 8.18. The Hall–Kier alpha value is -2.84. The van der Waals surface area contributed by atoms with Crippen molar-refractivity contribution in [2.75, 3.05) is 19.0 Å². The Labute approximate surface area is 169 Å². The molecule has 1 aliphatic rings. The first-order valence-corrected chi connectivity index (χ1v) is 9.21. The molecule has 0 aromatic heterocycles. The molecule has 1 N–H and O–H groups in total. The molecule has 9 heteroatoms. The van der Waals surface area contributed by atoms with E-state index in [0.29, 0.717) is 33.8 Å². The first-order valence-electron chi connectivity index (χ1n) is 8.01. The number of thioether (sulfide) groups is 1. The van der Waals surface area contributed by atoms with Gasteiger partial charge in [0.05, 0.1) is 17.0 Å². The van der Waals surface area contributed by atoms with Gasteiger partial charge in [-0.3, -0.25) is 19.3 Å². The first kappa shape index (κ1) is 19.9. The van der Waals surface area contributed by atoms with Crippen molar-refractivity contribution in [3.05, 3.63) is 63.8 Å². The quantitative estimate of drug-likeness (QED) is 0.735. The number of hydrogen-bond acceptors (Lipinski definition) is 5. The molecule has 0 bridgehead atoms. The van der Waals surface area contributed by atoms with Gasteiger partial charge >= 0.3 is 0 Å². The van der Waals surface area contributed by atoms with E-state index in [-0.39, 0.29) is 4.91 Å². The number of ether oxygens (including phenoxy) is 1. The average Bonchev–Trinajstić information content (AvgIpc) is 2.89. The molecule has 0 unspecified atom stereocenters. The van der Waals surface area contributed by atoms with Crippen LogP contribution in [-0.2, 0) is 9.59 Å². The van der Waals surface area contributed by atoms with Crippen molar-refractivity contribution >= 4 is 52.2 Å². The largest absolute Gasteiger partial charge is 0.495 e. The van der Waals surface area contributed by atoms with Crippen LogP contribution in [0.2, 0.25) is 5.02 Å². The standard InChI is InChI=1S/C19H14ClFN2O4S/c1-27-15-6-5-13(9-14(15)20)22-17(24)10-23-18(25)16(28-19(23)26)8-11-3-2-4-12(21)7-11/h2-9H,10H2,1H3,(H,22,24). The van der Waals surface area contributed by atoms with E-state index in [2.05, 4.69) is 5.32 Å². The molecule has 0 radical (unpaired) electrons. The summed E-state index contributed by atoms with van der Waals surface area (Å²) >= 11 is 6.70.